The minimum Gasteiger partial charge on any atom is -0.492 e. The van der Waals surface area contributed by atoms with E-state index >= 15 is 0 Å². The second-order valence-corrected chi connectivity index (χ2v) is 4.98. The predicted molar refractivity (Wildman–Crippen MR) is 68.7 cm³/mol. The first-order valence-corrected chi connectivity index (χ1v) is 6.15. The SMILES string of the molecule is CC(C)CCCOc1ccccc1I. The summed E-state index contributed by atoms with van der Waals surface area (Å²) in [6.45, 7) is 5.32. The molecule has 1 nitrogen and oxygen atoms in total. The topological polar surface area (TPSA) is 9.23 Å². The summed E-state index contributed by atoms with van der Waals surface area (Å²) in [5.74, 6) is 1.78. The van der Waals surface area contributed by atoms with Crippen LogP contribution in [-0.2, 0) is 0 Å². The quantitative estimate of drug-likeness (QED) is 0.588. The first-order valence-electron chi connectivity index (χ1n) is 5.07. The van der Waals surface area contributed by atoms with Crippen LogP contribution in [0.1, 0.15) is 26.7 Å². The molecule has 0 heterocycles. The second kappa shape index (κ2) is 6.27. The van der Waals surface area contributed by atoms with E-state index in [4.69, 9.17) is 4.74 Å². The van der Waals surface area contributed by atoms with Gasteiger partial charge >= 0.3 is 0 Å². The van der Waals surface area contributed by atoms with Crippen molar-refractivity contribution >= 4 is 22.6 Å². The second-order valence-electron chi connectivity index (χ2n) is 3.81. The van der Waals surface area contributed by atoms with Gasteiger partial charge in [0.15, 0.2) is 0 Å². The van der Waals surface area contributed by atoms with E-state index in [1.807, 2.05) is 18.2 Å². The molecule has 0 saturated heterocycles. The summed E-state index contributed by atoms with van der Waals surface area (Å²) in [4.78, 5) is 0. The van der Waals surface area contributed by atoms with Gasteiger partial charge in [-0.2, -0.15) is 0 Å². The fourth-order valence-corrected chi connectivity index (χ4v) is 1.78. The Hall–Kier alpha value is -0.250. The number of rotatable bonds is 5. The van der Waals surface area contributed by atoms with E-state index in [9.17, 15) is 0 Å². The molecule has 0 aromatic heterocycles. The fourth-order valence-electron chi connectivity index (χ4n) is 1.24. The van der Waals surface area contributed by atoms with Crippen LogP contribution in [0.15, 0.2) is 24.3 Å². The largest absolute Gasteiger partial charge is 0.492 e. The first-order chi connectivity index (χ1) is 6.70. The lowest BCUT2D eigenvalue weighted by molar-refractivity contribution is 0.296. The van der Waals surface area contributed by atoms with Crippen molar-refractivity contribution in [1.82, 2.24) is 0 Å². The third kappa shape index (κ3) is 4.31. The van der Waals surface area contributed by atoms with Gasteiger partial charge in [0, 0.05) is 0 Å². The van der Waals surface area contributed by atoms with Crippen molar-refractivity contribution in [3.05, 3.63) is 27.8 Å². The molecule has 0 unspecified atom stereocenters. The molecule has 14 heavy (non-hydrogen) atoms. The minimum atomic E-state index is 0.772. The molecule has 0 aliphatic rings. The Bertz CT molecular complexity index is 271. The molecule has 0 aliphatic heterocycles. The third-order valence-electron chi connectivity index (χ3n) is 2.02. The number of para-hydroxylation sites is 1. The molecule has 0 spiro atoms. The molecule has 0 saturated carbocycles. The summed E-state index contributed by atoms with van der Waals surface area (Å²) in [5, 5.41) is 0. The molecule has 1 aromatic rings. The van der Waals surface area contributed by atoms with E-state index in [1.54, 1.807) is 0 Å². The van der Waals surface area contributed by atoms with E-state index < -0.39 is 0 Å². The van der Waals surface area contributed by atoms with Gasteiger partial charge in [0.1, 0.15) is 5.75 Å². The van der Waals surface area contributed by atoms with Crippen LogP contribution in [0.3, 0.4) is 0 Å². The van der Waals surface area contributed by atoms with Gasteiger partial charge in [0.05, 0.1) is 10.2 Å². The molecule has 78 valence electrons. The molecule has 0 amide bonds. The van der Waals surface area contributed by atoms with Gasteiger partial charge in [-0.1, -0.05) is 26.0 Å². The number of halogens is 1. The summed E-state index contributed by atoms with van der Waals surface area (Å²) in [6, 6.07) is 8.14. The highest BCUT2D eigenvalue weighted by Gasteiger charge is 1.99. The van der Waals surface area contributed by atoms with Crippen molar-refractivity contribution in [2.24, 2.45) is 5.92 Å². The normalized spacial score (nSPS) is 10.6. The Morgan fingerprint density at radius 1 is 1.29 bits per heavy atom. The van der Waals surface area contributed by atoms with Crippen LogP contribution < -0.4 is 4.74 Å². The molecule has 0 bridgehead atoms. The Morgan fingerprint density at radius 3 is 2.64 bits per heavy atom. The van der Waals surface area contributed by atoms with E-state index in [2.05, 4.69) is 42.5 Å². The van der Waals surface area contributed by atoms with Crippen molar-refractivity contribution in [1.29, 1.82) is 0 Å². The van der Waals surface area contributed by atoms with Gasteiger partial charge in [0.25, 0.3) is 0 Å². The summed E-state index contributed by atoms with van der Waals surface area (Å²) in [6.07, 6.45) is 2.38. The fraction of sp³-hybridized carbons (Fsp3) is 0.500. The molecule has 0 N–H and O–H groups in total. The molecular weight excluding hydrogens is 287 g/mol. The predicted octanol–water partition coefficient (Wildman–Crippen LogP) is 4.11. The van der Waals surface area contributed by atoms with Gasteiger partial charge in [0.2, 0.25) is 0 Å². The summed E-state index contributed by atoms with van der Waals surface area (Å²) in [5.41, 5.74) is 0. The van der Waals surface area contributed by atoms with Crippen molar-refractivity contribution in [3.8, 4) is 5.75 Å². The zero-order chi connectivity index (χ0) is 10.4. The average molecular weight is 304 g/mol. The molecule has 0 aliphatic carbocycles. The van der Waals surface area contributed by atoms with Crippen LogP contribution in [-0.4, -0.2) is 6.61 Å². The highest BCUT2D eigenvalue weighted by Crippen LogP contribution is 2.19. The molecule has 1 aromatic carbocycles. The smallest absolute Gasteiger partial charge is 0.132 e. The lowest BCUT2D eigenvalue weighted by atomic mass is 10.1. The first kappa shape index (κ1) is 11.8. The van der Waals surface area contributed by atoms with E-state index in [-0.39, 0.29) is 0 Å². The number of ether oxygens (including phenoxy) is 1. The molecule has 0 atom stereocenters. The van der Waals surface area contributed by atoms with Crippen molar-refractivity contribution < 1.29 is 4.74 Å². The average Bonchev–Trinajstić information content (AvgIpc) is 2.15. The van der Waals surface area contributed by atoms with E-state index in [0.29, 0.717) is 0 Å². The Morgan fingerprint density at radius 2 is 2.00 bits per heavy atom. The van der Waals surface area contributed by atoms with Crippen molar-refractivity contribution in [3.63, 3.8) is 0 Å². The number of benzene rings is 1. The van der Waals surface area contributed by atoms with Crippen molar-refractivity contribution in [2.75, 3.05) is 6.61 Å². The van der Waals surface area contributed by atoms with Gasteiger partial charge in [-0.3, -0.25) is 0 Å². The monoisotopic (exact) mass is 304 g/mol. The number of hydrogen-bond acceptors (Lipinski definition) is 1. The third-order valence-corrected chi connectivity index (χ3v) is 2.91. The van der Waals surface area contributed by atoms with Crippen LogP contribution in [0.5, 0.6) is 5.75 Å². The van der Waals surface area contributed by atoms with Crippen LogP contribution in [0, 0.1) is 9.49 Å². The molecule has 0 fully saturated rings. The van der Waals surface area contributed by atoms with Crippen LogP contribution >= 0.6 is 22.6 Å². The minimum absolute atomic E-state index is 0.772. The lowest BCUT2D eigenvalue weighted by Crippen LogP contribution is -2.00. The maximum Gasteiger partial charge on any atom is 0.132 e. The summed E-state index contributed by atoms with van der Waals surface area (Å²) in [7, 11) is 0. The highest BCUT2D eigenvalue weighted by molar-refractivity contribution is 14.1. The summed E-state index contributed by atoms with van der Waals surface area (Å²) < 4.78 is 6.87. The number of hydrogen-bond donors (Lipinski definition) is 0. The van der Waals surface area contributed by atoms with Crippen LogP contribution in [0.2, 0.25) is 0 Å². The zero-order valence-corrected chi connectivity index (χ0v) is 11.0. The lowest BCUT2D eigenvalue weighted by Gasteiger charge is -2.08. The molecular formula is C12H17IO. The van der Waals surface area contributed by atoms with Gasteiger partial charge in [-0.25, -0.2) is 0 Å². The molecule has 0 radical (unpaired) electrons. The maximum absolute atomic E-state index is 5.68. The summed E-state index contributed by atoms with van der Waals surface area (Å²) >= 11 is 2.30. The molecule has 2 heteroatoms. The van der Waals surface area contributed by atoms with Crippen LogP contribution in [0.4, 0.5) is 0 Å². The van der Waals surface area contributed by atoms with Gasteiger partial charge in [-0.15, -0.1) is 0 Å². The highest BCUT2D eigenvalue weighted by atomic mass is 127. The van der Waals surface area contributed by atoms with E-state index in [1.165, 1.54) is 9.99 Å². The van der Waals surface area contributed by atoms with Crippen LogP contribution in [0.25, 0.3) is 0 Å². The standard InChI is InChI=1S/C12H17IO/c1-10(2)6-5-9-14-12-8-4-3-7-11(12)13/h3-4,7-8,10H,5-6,9H2,1-2H3. The van der Waals surface area contributed by atoms with Crippen molar-refractivity contribution in [2.45, 2.75) is 26.7 Å². The Labute approximate surface area is 100.0 Å². The van der Waals surface area contributed by atoms with E-state index in [0.717, 1.165) is 24.7 Å². The van der Waals surface area contributed by atoms with Gasteiger partial charge < -0.3 is 4.74 Å². The Kier molecular flexibility index (Phi) is 5.30. The molecule has 1 rings (SSSR count). The maximum atomic E-state index is 5.68. The van der Waals surface area contributed by atoms with Gasteiger partial charge in [-0.05, 0) is 53.5 Å². The zero-order valence-electron chi connectivity index (χ0n) is 8.79. The Balaban J connectivity index is 2.28.